The number of esters is 1. The molecule has 2 rings (SSSR count). The molecule has 154 valence electrons. The van der Waals surface area contributed by atoms with Crippen molar-refractivity contribution in [2.24, 2.45) is 0 Å². The number of hydrogen-bond acceptors (Lipinski definition) is 4. The zero-order valence-corrected chi connectivity index (χ0v) is 18.9. The molecule has 0 saturated heterocycles. The Hall–Kier alpha value is -2.09. The Morgan fingerprint density at radius 2 is 1.62 bits per heavy atom. The molecular formula is C20H19BrCl2N2O4. The summed E-state index contributed by atoms with van der Waals surface area (Å²) in [4.78, 5) is 35.8. The molecule has 0 fully saturated rings. The molecule has 0 radical (unpaired) electrons. The second-order valence-corrected chi connectivity index (χ2v) is 7.92. The number of nitrogens with one attached hydrogen (secondary N) is 2. The van der Waals surface area contributed by atoms with E-state index in [4.69, 9.17) is 27.9 Å². The fraction of sp³-hybridized carbons (Fsp3) is 0.250. The summed E-state index contributed by atoms with van der Waals surface area (Å²) in [6.45, 7) is 3.37. The summed E-state index contributed by atoms with van der Waals surface area (Å²) in [5, 5.41) is 6.03. The smallest absolute Gasteiger partial charge is 0.306 e. The molecule has 0 unspecified atom stereocenters. The van der Waals surface area contributed by atoms with Gasteiger partial charge in [-0.15, -0.1) is 0 Å². The minimum atomic E-state index is -0.656. The summed E-state index contributed by atoms with van der Waals surface area (Å²) in [5.74, 6) is -1.54. The van der Waals surface area contributed by atoms with Crippen molar-refractivity contribution in [2.45, 2.75) is 26.7 Å². The summed E-state index contributed by atoms with van der Waals surface area (Å²) in [6, 6.07) is 8.25. The van der Waals surface area contributed by atoms with Gasteiger partial charge >= 0.3 is 5.97 Å². The van der Waals surface area contributed by atoms with Crippen molar-refractivity contribution in [1.82, 2.24) is 0 Å². The highest BCUT2D eigenvalue weighted by atomic mass is 79.9. The van der Waals surface area contributed by atoms with Crippen LogP contribution < -0.4 is 10.6 Å². The molecule has 2 amide bonds. The SMILES string of the molecule is Cc1c(Br)ccc(NC(=O)COC(=O)CCC(=O)Nc2cc(Cl)ccc2Cl)c1C. The fourth-order valence-corrected chi connectivity index (χ4v) is 3.12. The molecule has 9 heteroatoms. The first-order valence-electron chi connectivity index (χ1n) is 8.63. The van der Waals surface area contributed by atoms with Crippen LogP contribution in [0.3, 0.4) is 0 Å². The standard InChI is InChI=1S/C20H19BrCl2N2O4/c1-11-12(2)16(6-4-14(11)21)24-19(27)10-29-20(28)8-7-18(26)25-17-9-13(22)3-5-15(17)23/h3-6,9H,7-8,10H2,1-2H3,(H,24,27)(H,25,26). The van der Waals surface area contributed by atoms with Gasteiger partial charge < -0.3 is 15.4 Å². The summed E-state index contributed by atoms with van der Waals surface area (Å²) < 4.78 is 5.87. The van der Waals surface area contributed by atoms with E-state index in [0.29, 0.717) is 21.4 Å². The summed E-state index contributed by atoms with van der Waals surface area (Å²) in [6.07, 6.45) is -0.290. The molecule has 0 spiro atoms. The van der Waals surface area contributed by atoms with E-state index in [2.05, 4.69) is 26.6 Å². The Morgan fingerprint density at radius 1 is 0.931 bits per heavy atom. The lowest BCUT2D eigenvalue weighted by Crippen LogP contribution is -2.22. The van der Waals surface area contributed by atoms with E-state index in [-0.39, 0.29) is 12.8 Å². The van der Waals surface area contributed by atoms with Gasteiger partial charge in [0.2, 0.25) is 5.91 Å². The zero-order chi connectivity index (χ0) is 21.6. The Kier molecular flexibility index (Phi) is 8.49. The van der Waals surface area contributed by atoms with Crippen LogP contribution in [0.4, 0.5) is 11.4 Å². The summed E-state index contributed by atoms with van der Waals surface area (Å²) >= 11 is 15.3. The van der Waals surface area contributed by atoms with Gasteiger partial charge in [0.05, 0.1) is 17.1 Å². The van der Waals surface area contributed by atoms with Crippen LogP contribution in [0.15, 0.2) is 34.8 Å². The van der Waals surface area contributed by atoms with Gasteiger partial charge in [0.1, 0.15) is 0 Å². The van der Waals surface area contributed by atoms with E-state index < -0.39 is 24.4 Å². The first-order valence-corrected chi connectivity index (χ1v) is 10.2. The molecule has 2 aromatic carbocycles. The molecule has 0 aliphatic heterocycles. The van der Waals surface area contributed by atoms with Gasteiger partial charge in [-0.05, 0) is 55.3 Å². The van der Waals surface area contributed by atoms with Gasteiger partial charge in [-0.2, -0.15) is 0 Å². The Morgan fingerprint density at radius 3 is 2.34 bits per heavy atom. The van der Waals surface area contributed by atoms with E-state index in [9.17, 15) is 14.4 Å². The highest BCUT2D eigenvalue weighted by molar-refractivity contribution is 9.10. The number of ether oxygens (including phenoxy) is 1. The van der Waals surface area contributed by atoms with Gasteiger partial charge in [-0.3, -0.25) is 14.4 Å². The number of carbonyl (C=O) groups is 3. The molecule has 0 atom stereocenters. The molecule has 0 heterocycles. The number of anilines is 2. The molecular weight excluding hydrogens is 483 g/mol. The minimum Gasteiger partial charge on any atom is -0.456 e. The monoisotopic (exact) mass is 500 g/mol. The predicted octanol–water partition coefficient (Wildman–Crippen LogP) is 5.27. The van der Waals surface area contributed by atoms with Crippen molar-refractivity contribution < 1.29 is 19.1 Å². The highest BCUT2D eigenvalue weighted by Crippen LogP contribution is 2.26. The third-order valence-electron chi connectivity index (χ3n) is 4.12. The van der Waals surface area contributed by atoms with Crippen LogP contribution in [0.1, 0.15) is 24.0 Å². The van der Waals surface area contributed by atoms with Crippen LogP contribution in [0.5, 0.6) is 0 Å². The second-order valence-electron chi connectivity index (χ2n) is 6.23. The largest absolute Gasteiger partial charge is 0.456 e. The summed E-state index contributed by atoms with van der Waals surface area (Å²) in [7, 11) is 0. The molecule has 0 aliphatic carbocycles. The van der Waals surface area contributed by atoms with E-state index in [1.54, 1.807) is 18.2 Å². The lowest BCUT2D eigenvalue weighted by Gasteiger charge is -2.12. The second kappa shape index (κ2) is 10.6. The topological polar surface area (TPSA) is 84.5 Å². The van der Waals surface area contributed by atoms with E-state index in [1.807, 2.05) is 19.9 Å². The normalized spacial score (nSPS) is 10.4. The lowest BCUT2D eigenvalue weighted by atomic mass is 10.1. The predicted molar refractivity (Wildman–Crippen MR) is 118 cm³/mol. The van der Waals surface area contributed by atoms with Crippen molar-refractivity contribution in [3.8, 4) is 0 Å². The van der Waals surface area contributed by atoms with Gasteiger partial charge in [0.25, 0.3) is 5.91 Å². The number of amides is 2. The molecule has 0 bridgehead atoms. The highest BCUT2D eigenvalue weighted by Gasteiger charge is 2.13. The third-order valence-corrected chi connectivity index (χ3v) is 5.54. The average molecular weight is 502 g/mol. The molecule has 6 nitrogen and oxygen atoms in total. The Labute approximate surface area is 187 Å². The van der Waals surface area contributed by atoms with Gasteiger partial charge in [0.15, 0.2) is 6.61 Å². The molecule has 2 aromatic rings. The zero-order valence-electron chi connectivity index (χ0n) is 15.8. The molecule has 29 heavy (non-hydrogen) atoms. The first-order chi connectivity index (χ1) is 13.7. The van der Waals surface area contributed by atoms with E-state index in [0.717, 1.165) is 15.6 Å². The first kappa shape index (κ1) is 23.2. The maximum atomic E-state index is 12.0. The maximum absolute atomic E-state index is 12.0. The van der Waals surface area contributed by atoms with Crippen LogP contribution in [0, 0.1) is 13.8 Å². The molecule has 2 N–H and O–H groups in total. The summed E-state index contributed by atoms with van der Waals surface area (Å²) in [5.41, 5.74) is 2.92. The quantitative estimate of drug-likeness (QED) is 0.506. The molecule has 0 saturated carbocycles. The van der Waals surface area contributed by atoms with Crippen molar-refractivity contribution in [2.75, 3.05) is 17.2 Å². The van der Waals surface area contributed by atoms with Crippen LogP contribution in [-0.2, 0) is 19.1 Å². The van der Waals surface area contributed by atoms with Crippen LogP contribution in [-0.4, -0.2) is 24.4 Å². The van der Waals surface area contributed by atoms with Crippen LogP contribution >= 0.6 is 39.1 Å². The number of benzene rings is 2. The van der Waals surface area contributed by atoms with Gasteiger partial charge in [0, 0.05) is 21.6 Å². The molecule has 0 aromatic heterocycles. The third kappa shape index (κ3) is 7.03. The average Bonchev–Trinajstić information content (AvgIpc) is 2.68. The fourth-order valence-electron chi connectivity index (χ4n) is 2.35. The van der Waals surface area contributed by atoms with Crippen molar-refractivity contribution in [3.63, 3.8) is 0 Å². The number of carbonyl (C=O) groups excluding carboxylic acids is 3. The Balaban J connectivity index is 1.76. The minimum absolute atomic E-state index is 0.117. The number of hydrogen-bond donors (Lipinski definition) is 2. The van der Waals surface area contributed by atoms with E-state index >= 15 is 0 Å². The number of rotatable bonds is 7. The molecule has 0 aliphatic rings. The van der Waals surface area contributed by atoms with Crippen molar-refractivity contribution in [1.29, 1.82) is 0 Å². The van der Waals surface area contributed by atoms with E-state index in [1.165, 1.54) is 6.07 Å². The van der Waals surface area contributed by atoms with Gasteiger partial charge in [-0.1, -0.05) is 39.1 Å². The van der Waals surface area contributed by atoms with Crippen molar-refractivity contribution in [3.05, 3.63) is 56.0 Å². The van der Waals surface area contributed by atoms with Gasteiger partial charge in [-0.25, -0.2) is 0 Å². The van der Waals surface area contributed by atoms with Crippen LogP contribution in [0.25, 0.3) is 0 Å². The Bertz CT molecular complexity index is 950. The van der Waals surface area contributed by atoms with Crippen molar-refractivity contribution >= 4 is 68.3 Å². The maximum Gasteiger partial charge on any atom is 0.306 e. The lowest BCUT2D eigenvalue weighted by molar-refractivity contribution is -0.147. The van der Waals surface area contributed by atoms with Crippen LogP contribution in [0.2, 0.25) is 10.0 Å². The number of halogens is 3.